The Morgan fingerprint density at radius 2 is 1.81 bits per heavy atom. The van der Waals surface area contributed by atoms with Crippen molar-refractivity contribution in [3.8, 4) is 28.4 Å². The van der Waals surface area contributed by atoms with Gasteiger partial charge in [-0.2, -0.15) is 0 Å². The standard InChI is InChI=1S/C25H21NO6/c1-14-21(27)9-7-16-13-20(25(29)32-23(14)16)26-24(28)17-8-10-22(31-3)19(12-17)15-5-4-6-18(11-15)30-2/h4-13,27H,1-3H3,(H,26,28). The molecule has 0 fully saturated rings. The second-order valence-electron chi connectivity index (χ2n) is 7.18. The number of anilines is 1. The number of ether oxygens (including phenoxy) is 2. The Balaban J connectivity index is 1.70. The van der Waals surface area contributed by atoms with E-state index >= 15 is 0 Å². The molecule has 0 aliphatic rings. The molecular weight excluding hydrogens is 410 g/mol. The minimum Gasteiger partial charge on any atom is -0.508 e. The number of aromatic hydroxyl groups is 1. The lowest BCUT2D eigenvalue weighted by Crippen LogP contribution is -2.18. The Morgan fingerprint density at radius 3 is 2.56 bits per heavy atom. The molecule has 0 unspecified atom stereocenters. The summed E-state index contributed by atoms with van der Waals surface area (Å²) >= 11 is 0. The van der Waals surface area contributed by atoms with E-state index in [1.54, 1.807) is 45.4 Å². The molecule has 0 aliphatic heterocycles. The van der Waals surface area contributed by atoms with E-state index < -0.39 is 11.5 Å². The number of benzene rings is 3. The summed E-state index contributed by atoms with van der Waals surface area (Å²) in [5.74, 6) is 0.824. The van der Waals surface area contributed by atoms with Crippen molar-refractivity contribution < 1.29 is 23.8 Å². The van der Waals surface area contributed by atoms with Crippen LogP contribution in [0.15, 0.2) is 69.9 Å². The van der Waals surface area contributed by atoms with Crippen LogP contribution >= 0.6 is 0 Å². The maximum absolute atomic E-state index is 12.9. The number of hydrogen-bond acceptors (Lipinski definition) is 6. The molecule has 0 radical (unpaired) electrons. The fourth-order valence-corrected chi connectivity index (χ4v) is 3.46. The molecule has 3 aromatic carbocycles. The fraction of sp³-hybridized carbons (Fsp3) is 0.120. The summed E-state index contributed by atoms with van der Waals surface area (Å²) in [6, 6.07) is 17.0. The highest BCUT2D eigenvalue weighted by Gasteiger charge is 2.16. The van der Waals surface area contributed by atoms with Gasteiger partial charge in [0.25, 0.3) is 5.91 Å². The number of carbonyl (C=O) groups is 1. The Morgan fingerprint density at radius 1 is 1.00 bits per heavy atom. The molecule has 0 atom stereocenters. The third-order valence-electron chi connectivity index (χ3n) is 5.21. The summed E-state index contributed by atoms with van der Waals surface area (Å²) < 4.78 is 16.1. The quantitative estimate of drug-likeness (QED) is 0.443. The highest BCUT2D eigenvalue weighted by Crippen LogP contribution is 2.33. The normalized spacial score (nSPS) is 10.7. The van der Waals surface area contributed by atoms with E-state index in [2.05, 4.69) is 5.32 Å². The molecule has 7 heteroatoms. The van der Waals surface area contributed by atoms with Gasteiger partial charge in [0.1, 0.15) is 28.5 Å². The minimum absolute atomic E-state index is 0.00587. The van der Waals surface area contributed by atoms with E-state index in [0.717, 1.165) is 5.56 Å². The number of hydrogen-bond donors (Lipinski definition) is 2. The number of methoxy groups -OCH3 is 2. The number of phenolic OH excluding ortho intramolecular Hbond substituents is 1. The third kappa shape index (κ3) is 3.88. The van der Waals surface area contributed by atoms with Crippen LogP contribution in [0.1, 0.15) is 15.9 Å². The molecule has 2 N–H and O–H groups in total. The van der Waals surface area contributed by atoms with E-state index in [1.165, 1.54) is 12.1 Å². The van der Waals surface area contributed by atoms with Crippen molar-refractivity contribution in [3.63, 3.8) is 0 Å². The molecule has 7 nitrogen and oxygen atoms in total. The van der Waals surface area contributed by atoms with Gasteiger partial charge >= 0.3 is 5.63 Å². The maximum atomic E-state index is 12.9. The average Bonchev–Trinajstić information content (AvgIpc) is 2.82. The second-order valence-corrected chi connectivity index (χ2v) is 7.18. The predicted molar refractivity (Wildman–Crippen MR) is 122 cm³/mol. The van der Waals surface area contributed by atoms with Crippen LogP contribution in [0.4, 0.5) is 5.69 Å². The molecule has 4 aromatic rings. The lowest BCUT2D eigenvalue weighted by molar-refractivity contribution is 0.102. The molecule has 0 saturated carbocycles. The molecule has 1 aromatic heterocycles. The van der Waals surface area contributed by atoms with E-state index in [-0.39, 0.29) is 17.0 Å². The van der Waals surface area contributed by atoms with E-state index in [1.807, 2.05) is 24.3 Å². The zero-order valence-corrected chi connectivity index (χ0v) is 17.8. The van der Waals surface area contributed by atoms with Crippen molar-refractivity contribution in [2.45, 2.75) is 6.92 Å². The molecule has 32 heavy (non-hydrogen) atoms. The van der Waals surface area contributed by atoms with Crippen molar-refractivity contribution >= 4 is 22.6 Å². The molecule has 1 amide bonds. The number of carbonyl (C=O) groups excluding carboxylic acids is 1. The van der Waals surface area contributed by atoms with Crippen LogP contribution in [0.25, 0.3) is 22.1 Å². The third-order valence-corrected chi connectivity index (χ3v) is 5.21. The van der Waals surface area contributed by atoms with Gasteiger partial charge in [-0.1, -0.05) is 12.1 Å². The SMILES string of the molecule is COc1cccc(-c2cc(C(=O)Nc3cc4ccc(O)c(C)c4oc3=O)ccc2OC)c1. The topological polar surface area (TPSA) is 98.0 Å². The van der Waals surface area contributed by atoms with Gasteiger partial charge < -0.3 is 24.3 Å². The van der Waals surface area contributed by atoms with E-state index in [0.29, 0.717) is 33.6 Å². The van der Waals surface area contributed by atoms with Crippen molar-refractivity contribution in [3.05, 3.63) is 82.2 Å². The number of phenols is 1. The first-order valence-corrected chi connectivity index (χ1v) is 9.81. The maximum Gasteiger partial charge on any atom is 0.360 e. The smallest absolute Gasteiger partial charge is 0.360 e. The molecule has 4 rings (SSSR count). The van der Waals surface area contributed by atoms with Crippen molar-refractivity contribution in [1.82, 2.24) is 0 Å². The molecule has 0 spiro atoms. The average molecular weight is 431 g/mol. The van der Waals surface area contributed by atoms with Crippen LogP contribution in [-0.2, 0) is 0 Å². The number of rotatable bonds is 5. The van der Waals surface area contributed by atoms with Gasteiger partial charge in [0, 0.05) is 22.1 Å². The summed E-state index contributed by atoms with van der Waals surface area (Å²) in [4.78, 5) is 25.4. The molecule has 0 saturated heterocycles. The van der Waals surface area contributed by atoms with Crippen LogP contribution in [0.3, 0.4) is 0 Å². The number of nitrogens with one attached hydrogen (secondary N) is 1. The van der Waals surface area contributed by atoms with Crippen LogP contribution in [0.5, 0.6) is 17.2 Å². The van der Waals surface area contributed by atoms with Crippen molar-refractivity contribution in [1.29, 1.82) is 0 Å². The van der Waals surface area contributed by atoms with Gasteiger partial charge in [-0.05, 0) is 61.0 Å². The Labute approximate surface area is 183 Å². The monoisotopic (exact) mass is 431 g/mol. The number of fused-ring (bicyclic) bond motifs is 1. The first-order valence-electron chi connectivity index (χ1n) is 9.81. The first-order chi connectivity index (χ1) is 15.4. The number of amides is 1. The summed E-state index contributed by atoms with van der Waals surface area (Å²) in [5, 5.41) is 13.0. The summed E-state index contributed by atoms with van der Waals surface area (Å²) in [6.07, 6.45) is 0. The van der Waals surface area contributed by atoms with E-state index in [4.69, 9.17) is 13.9 Å². The minimum atomic E-state index is -0.707. The van der Waals surface area contributed by atoms with Crippen molar-refractivity contribution in [2.24, 2.45) is 0 Å². The van der Waals surface area contributed by atoms with Gasteiger partial charge in [0.15, 0.2) is 0 Å². The van der Waals surface area contributed by atoms with Gasteiger partial charge in [-0.25, -0.2) is 4.79 Å². The molecule has 0 aliphatic carbocycles. The first kappa shape index (κ1) is 21.0. The fourth-order valence-electron chi connectivity index (χ4n) is 3.46. The molecule has 0 bridgehead atoms. The molecule has 1 heterocycles. The predicted octanol–water partition coefficient (Wildman–Crippen LogP) is 4.74. The van der Waals surface area contributed by atoms with Gasteiger partial charge in [-0.3, -0.25) is 4.79 Å². The van der Waals surface area contributed by atoms with Crippen LogP contribution in [0.2, 0.25) is 0 Å². The molecule has 162 valence electrons. The lowest BCUT2D eigenvalue weighted by Gasteiger charge is -2.12. The highest BCUT2D eigenvalue weighted by atomic mass is 16.5. The largest absolute Gasteiger partial charge is 0.508 e. The van der Waals surface area contributed by atoms with Crippen molar-refractivity contribution in [2.75, 3.05) is 19.5 Å². The van der Waals surface area contributed by atoms with Gasteiger partial charge in [-0.15, -0.1) is 0 Å². The zero-order valence-electron chi connectivity index (χ0n) is 17.8. The Kier molecular flexibility index (Phi) is 5.55. The zero-order chi connectivity index (χ0) is 22.8. The summed E-state index contributed by atoms with van der Waals surface area (Å²) in [5.41, 5.74) is 1.89. The lowest BCUT2D eigenvalue weighted by atomic mass is 10.0. The number of aryl methyl sites for hydroxylation is 1. The Hall–Kier alpha value is -4.26. The second kappa shape index (κ2) is 8.47. The van der Waals surface area contributed by atoms with E-state index in [9.17, 15) is 14.7 Å². The summed E-state index contributed by atoms with van der Waals surface area (Å²) in [6.45, 7) is 1.65. The van der Waals surface area contributed by atoms with Crippen LogP contribution < -0.4 is 20.4 Å². The molecular formula is C25H21NO6. The van der Waals surface area contributed by atoms with Crippen LogP contribution in [0, 0.1) is 6.92 Å². The highest BCUT2D eigenvalue weighted by molar-refractivity contribution is 6.05. The van der Waals surface area contributed by atoms with Gasteiger partial charge in [0.05, 0.1) is 14.2 Å². The Bertz CT molecular complexity index is 1390. The van der Waals surface area contributed by atoms with Crippen LogP contribution in [-0.4, -0.2) is 25.2 Å². The summed E-state index contributed by atoms with van der Waals surface area (Å²) in [7, 11) is 3.14. The van der Waals surface area contributed by atoms with Gasteiger partial charge in [0.2, 0.25) is 0 Å².